The average Bonchev–Trinajstić information content (AvgIpc) is 3.38. The molecule has 0 saturated heterocycles. The predicted octanol–water partition coefficient (Wildman–Crippen LogP) is 12.2. The number of fused-ring (bicyclic) bond motifs is 6. The van der Waals surface area contributed by atoms with Crippen LogP contribution in [0.5, 0.6) is 0 Å². The molecule has 0 fully saturated rings. The highest BCUT2D eigenvalue weighted by molar-refractivity contribution is 5.90. The Morgan fingerprint density at radius 3 is 1.22 bits per heavy atom. The number of rotatable bonds is 3. The van der Waals surface area contributed by atoms with Crippen LogP contribution in [0, 0.1) is 20.8 Å². The van der Waals surface area contributed by atoms with E-state index in [2.05, 4.69) is 164 Å². The molecular weight excluding hydrogens is 540 g/mol. The lowest BCUT2D eigenvalue weighted by Gasteiger charge is -2.24. The number of benzene rings is 6. The van der Waals surface area contributed by atoms with Gasteiger partial charge in [-0.15, -0.1) is 0 Å². The molecule has 0 aliphatic heterocycles. The Labute approximate surface area is 268 Å². The van der Waals surface area contributed by atoms with Crippen molar-refractivity contribution in [3.63, 3.8) is 0 Å². The SMILES string of the molecule is Cc1cc(C)cc(-c2ccccc2-c2ccc3c(c2)C(C)(C)c2cc(-c4ccc5c(c4)C(C)(C)c4cc(C)ccc4-5)ccc2-3)c1. The molecule has 2 aliphatic carbocycles. The summed E-state index contributed by atoms with van der Waals surface area (Å²) in [5, 5.41) is 0. The summed E-state index contributed by atoms with van der Waals surface area (Å²) in [5.74, 6) is 0. The minimum atomic E-state index is -0.102. The van der Waals surface area contributed by atoms with E-state index in [-0.39, 0.29) is 10.8 Å². The van der Waals surface area contributed by atoms with Gasteiger partial charge >= 0.3 is 0 Å². The van der Waals surface area contributed by atoms with Gasteiger partial charge in [0.15, 0.2) is 0 Å². The monoisotopic (exact) mass is 580 g/mol. The van der Waals surface area contributed by atoms with Crippen molar-refractivity contribution in [1.82, 2.24) is 0 Å². The number of aryl methyl sites for hydroxylation is 3. The number of hydrogen-bond donors (Lipinski definition) is 0. The molecule has 2 aliphatic rings. The smallest absolute Gasteiger partial charge is 0.0159 e. The molecular formula is C45H40. The van der Waals surface area contributed by atoms with Gasteiger partial charge in [0.25, 0.3) is 0 Å². The van der Waals surface area contributed by atoms with Gasteiger partial charge in [-0.25, -0.2) is 0 Å². The zero-order valence-electron chi connectivity index (χ0n) is 27.5. The second kappa shape index (κ2) is 9.66. The molecule has 0 unspecified atom stereocenters. The van der Waals surface area contributed by atoms with E-state index in [0.29, 0.717) is 0 Å². The van der Waals surface area contributed by atoms with E-state index in [4.69, 9.17) is 0 Å². The van der Waals surface area contributed by atoms with Crippen LogP contribution in [0.3, 0.4) is 0 Å². The standard InChI is InChI=1S/C45H40/c1-27-12-16-36-37-17-13-30(24-41(37)44(4,5)40(36)23-27)31-14-18-38-39-19-15-32(26-43(39)45(6,7)42(38)25-31)34-10-8-9-11-35(34)33-21-28(2)20-29(3)22-33/h8-26H,1-7H3. The van der Waals surface area contributed by atoms with Crippen molar-refractivity contribution in [1.29, 1.82) is 0 Å². The maximum absolute atomic E-state index is 2.46. The van der Waals surface area contributed by atoms with Crippen LogP contribution in [0.4, 0.5) is 0 Å². The van der Waals surface area contributed by atoms with Gasteiger partial charge < -0.3 is 0 Å². The van der Waals surface area contributed by atoms with Crippen LogP contribution >= 0.6 is 0 Å². The molecule has 220 valence electrons. The fraction of sp³-hybridized carbons (Fsp3) is 0.200. The second-order valence-corrected chi connectivity index (χ2v) is 14.5. The van der Waals surface area contributed by atoms with Crippen molar-refractivity contribution in [3.8, 4) is 55.6 Å². The molecule has 0 spiro atoms. The first-order valence-corrected chi connectivity index (χ1v) is 16.3. The fourth-order valence-electron chi connectivity index (χ4n) is 8.23. The third kappa shape index (κ3) is 4.19. The largest absolute Gasteiger partial charge is 0.0616 e. The minimum Gasteiger partial charge on any atom is -0.0616 e. The van der Waals surface area contributed by atoms with Crippen molar-refractivity contribution in [2.45, 2.75) is 59.3 Å². The van der Waals surface area contributed by atoms with Crippen LogP contribution in [0.15, 0.2) is 115 Å². The lowest BCUT2D eigenvalue weighted by molar-refractivity contribution is 0.659. The average molecular weight is 581 g/mol. The van der Waals surface area contributed by atoms with Gasteiger partial charge in [-0.1, -0.05) is 141 Å². The van der Waals surface area contributed by atoms with Crippen molar-refractivity contribution >= 4 is 0 Å². The Morgan fingerprint density at radius 2 is 0.711 bits per heavy atom. The van der Waals surface area contributed by atoms with Gasteiger partial charge in [0.2, 0.25) is 0 Å². The normalized spacial score (nSPS) is 14.9. The lowest BCUT2D eigenvalue weighted by atomic mass is 9.79. The zero-order valence-corrected chi connectivity index (χ0v) is 27.5. The molecule has 0 nitrogen and oxygen atoms in total. The highest BCUT2D eigenvalue weighted by atomic mass is 14.4. The van der Waals surface area contributed by atoms with Gasteiger partial charge in [0.1, 0.15) is 0 Å². The molecule has 0 amide bonds. The first-order chi connectivity index (χ1) is 21.5. The molecule has 8 rings (SSSR count). The predicted molar refractivity (Wildman–Crippen MR) is 192 cm³/mol. The molecule has 45 heavy (non-hydrogen) atoms. The molecule has 6 aromatic carbocycles. The quantitative estimate of drug-likeness (QED) is 0.195. The van der Waals surface area contributed by atoms with E-state index in [1.807, 2.05) is 0 Å². The van der Waals surface area contributed by atoms with Gasteiger partial charge in [-0.2, -0.15) is 0 Å². The van der Waals surface area contributed by atoms with Crippen molar-refractivity contribution < 1.29 is 0 Å². The molecule has 0 saturated carbocycles. The molecule has 6 aromatic rings. The summed E-state index contributed by atoms with van der Waals surface area (Å²) in [6, 6.07) is 44.0. The van der Waals surface area contributed by atoms with E-state index in [1.165, 1.54) is 94.6 Å². The highest BCUT2D eigenvalue weighted by Crippen LogP contribution is 2.53. The van der Waals surface area contributed by atoms with E-state index < -0.39 is 0 Å². The van der Waals surface area contributed by atoms with Gasteiger partial charge in [0.05, 0.1) is 0 Å². The maximum atomic E-state index is 2.46. The third-order valence-electron chi connectivity index (χ3n) is 10.6. The van der Waals surface area contributed by atoms with Crippen LogP contribution < -0.4 is 0 Å². The fourth-order valence-corrected chi connectivity index (χ4v) is 8.23. The van der Waals surface area contributed by atoms with Gasteiger partial charge in [0, 0.05) is 10.8 Å². The summed E-state index contributed by atoms with van der Waals surface area (Å²) in [5.41, 5.74) is 22.7. The second-order valence-electron chi connectivity index (χ2n) is 14.5. The molecule has 0 radical (unpaired) electrons. The van der Waals surface area contributed by atoms with Crippen molar-refractivity contribution in [3.05, 3.63) is 154 Å². The Morgan fingerprint density at radius 1 is 0.311 bits per heavy atom. The van der Waals surface area contributed by atoms with Crippen LogP contribution in [0.1, 0.15) is 66.6 Å². The van der Waals surface area contributed by atoms with E-state index >= 15 is 0 Å². The first kappa shape index (κ1) is 27.8. The summed E-state index contributed by atoms with van der Waals surface area (Å²) < 4.78 is 0. The van der Waals surface area contributed by atoms with E-state index in [1.54, 1.807) is 0 Å². The molecule has 0 heterocycles. The Hall–Kier alpha value is -4.68. The van der Waals surface area contributed by atoms with Crippen molar-refractivity contribution in [2.24, 2.45) is 0 Å². The molecule has 0 bridgehead atoms. The zero-order chi connectivity index (χ0) is 31.2. The van der Waals surface area contributed by atoms with Crippen LogP contribution in [0.2, 0.25) is 0 Å². The maximum Gasteiger partial charge on any atom is 0.0159 e. The first-order valence-electron chi connectivity index (χ1n) is 16.3. The van der Waals surface area contributed by atoms with Crippen LogP contribution in [0.25, 0.3) is 55.6 Å². The van der Waals surface area contributed by atoms with E-state index in [9.17, 15) is 0 Å². The van der Waals surface area contributed by atoms with Crippen LogP contribution in [-0.2, 0) is 10.8 Å². The van der Waals surface area contributed by atoms with Crippen molar-refractivity contribution in [2.75, 3.05) is 0 Å². The summed E-state index contributed by atoms with van der Waals surface area (Å²) in [6.45, 7) is 16.1. The number of hydrogen-bond acceptors (Lipinski definition) is 0. The summed E-state index contributed by atoms with van der Waals surface area (Å²) in [6.07, 6.45) is 0. The molecule has 0 aromatic heterocycles. The minimum absolute atomic E-state index is 0.0111. The summed E-state index contributed by atoms with van der Waals surface area (Å²) in [7, 11) is 0. The Bertz CT molecular complexity index is 2170. The molecule has 0 atom stereocenters. The topological polar surface area (TPSA) is 0 Å². The Balaban J connectivity index is 1.19. The molecule has 0 N–H and O–H groups in total. The van der Waals surface area contributed by atoms with Gasteiger partial charge in [-0.3, -0.25) is 0 Å². The van der Waals surface area contributed by atoms with E-state index in [0.717, 1.165) is 0 Å². The van der Waals surface area contributed by atoms with Gasteiger partial charge in [-0.05, 0) is 117 Å². The summed E-state index contributed by atoms with van der Waals surface area (Å²) in [4.78, 5) is 0. The van der Waals surface area contributed by atoms with Crippen LogP contribution in [-0.4, -0.2) is 0 Å². The lowest BCUT2D eigenvalue weighted by Crippen LogP contribution is -2.15. The third-order valence-corrected chi connectivity index (χ3v) is 10.6. The molecule has 0 heteroatoms. The Kier molecular flexibility index (Phi) is 5.97. The summed E-state index contributed by atoms with van der Waals surface area (Å²) >= 11 is 0. The highest BCUT2D eigenvalue weighted by Gasteiger charge is 2.37.